The van der Waals surface area contributed by atoms with Crippen molar-refractivity contribution in [2.24, 2.45) is 0 Å². The highest BCUT2D eigenvalue weighted by Gasteiger charge is 2.39. The van der Waals surface area contributed by atoms with Gasteiger partial charge in [-0.25, -0.2) is 8.42 Å². The third-order valence-electron chi connectivity index (χ3n) is 5.15. The smallest absolute Gasteiger partial charge is 0.244 e. The summed E-state index contributed by atoms with van der Waals surface area (Å²) in [6, 6.07) is 15.6. The highest BCUT2D eigenvalue weighted by Crippen LogP contribution is 2.41. The van der Waals surface area contributed by atoms with E-state index in [1.165, 1.54) is 0 Å². The summed E-state index contributed by atoms with van der Waals surface area (Å²) in [6.07, 6.45) is 1.97. The fourth-order valence-electron chi connectivity index (χ4n) is 3.72. The molecule has 0 fully saturated rings. The zero-order valence-corrected chi connectivity index (χ0v) is 18.5. The lowest BCUT2D eigenvalue weighted by Gasteiger charge is -2.36. The van der Waals surface area contributed by atoms with Crippen LogP contribution in [0.3, 0.4) is 0 Å². The van der Waals surface area contributed by atoms with Gasteiger partial charge in [0.25, 0.3) is 0 Å². The fraction of sp³-hybridized carbons (Fsp3) is 0.238. The van der Waals surface area contributed by atoms with Gasteiger partial charge in [0.2, 0.25) is 10.0 Å². The first-order chi connectivity index (χ1) is 14.0. The van der Waals surface area contributed by atoms with E-state index in [0.717, 1.165) is 15.7 Å². The molecule has 1 aliphatic heterocycles. The number of benzene rings is 2. The minimum atomic E-state index is -3.73. The molecule has 152 valence electrons. The predicted molar refractivity (Wildman–Crippen MR) is 114 cm³/mol. The Hall–Kier alpha value is -2.29. The molecule has 8 heteroatoms. The van der Waals surface area contributed by atoms with Gasteiger partial charge in [0.1, 0.15) is 11.5 Å². The Labute approximate surface area is 178 Å². The molecule has 0 spiro atoms. The Bertz CT molecular complexity index is 1130. The van der Waals surface area contributed by atoms with Crippen LogP contribution in [-0.2, 0) is 16.6 Å². The molecule has 4 rings (SSSR count). The first-order valence-corrected chi connectivity index (χ1v) is 11.3. The SMILES string of the molecule is COc1ccc(C2c3cccn3CCN2S(=O)(=O)c2ccc(Br)cc2)c(OC)c1. The van der Waals surface area contributed by atoms with Gasteiger partial charge in [-0.3, -0.25) is 0 Å². The summed E-state index contributed by atoms with van der Waals surface area (Å²) in [5.74, 6) is 1.24. The van der Waals surface area contributed by atoms with Crippen molar-refractivity contribution in [1.82, 2.24) is 8.87 Å². The number of nitrogens with zero attached hydrogens (tertiary/aromatic N) is 2. The highest BCUT2D eigenvalue weighted by molar-refractivity contribution is 9.10. The lowest BCUT2D eigenvalue weighted by atomic mass is 10.0. The van der Waals surface area contributed by atoms with Crippen LogP contribution in [0.2, 0.25) is 0 Å². The predicted octanol–water partition coefficient (Wildman–Crippen LogP) is 4.06. The molecule has 6 nitrogen and oxygen atoms in total. The van der Waals surface area contributed by atoms with Gasteiger partial charge in [-0.1, -0.05) is 15.9 Å². The van der Waals surface area contributed by atoms with Gasteiger partial charge < -0.3 is 14.0 Å². The molecule has 2 aromatic carbocycles. The third-order valence-corrected chi connectivity index (χ3v) is 7.56. The molecule has 1 atom stereocenters. The average Bonchev–Trinajstić information content (AvgIpc) is 3.22. The number of methoxy groups -OCH3 is 2. The summed E-state index contributed by atoms with van der Waals surface area (Å²) in [5.41, 5.74) is 1.68. The molecule has 1 aromatic heterocycles. The van der Waals surface area contributed by atoms with Gasteiger partial charge in [-0.05, 0) is 48.5 Å². The third kappa shape index (κ3) is 3.56. The van der Waals surface area contributed by atoms with Crippen molar-refractivity contribution in [2.45, 2.75) is 17.5 Å². The van der Waals surface area contributed by atoms with Crippen molar-refractivity contribution in [2.75, 3.05) is 20.8 Å². The Balaban J connectivity index is 1.87. The minimum Gasteiger partial charge on any atom is -0.497 e. The molecule has 0 saturated heterocycles. The van der Waals surface area contributed by atoms with E-state index in [9.17, 15) is 8.42 Å². The second-order valence-corrected chi connectivity index (χ2v) is 9.51. The largest absolute Gasteiger partial charge is 0.497 e. The number of aromatic nitrogens is 1. The van der Waals surface area contributed by atoms with Crippen LogP contribution in [0.1, 0.15) is 17.3 Å². The molecule has 0 amide bonds. The lowest BCUT2D eigenvalue weighted by molar-refractivity contribution is 0.290. The molecule has 0 bridgehead atoms. The first kappa shape index (κ1) is 20.0. The maximum atomic E-state index is 13.6. The number of fused-ring (bicyclic) bond motifs is 1. The molecule has 1 unspecified atom stereocenters. The van der Waals surface area contributed by atoms with E-state index in [0.29, 0.717) is 24.6 Å². The zero-order chi connectivity index (χ0) is 20.6. The van der Waals surface area contributed by atoms with E-state index in [1.54, 1.807) is 48.9 Å². The van der Waals surface area contributed by atoms with Gasteiger partial charge in [-0.2, -0.15) is 4.31 Å². The Morgan fingerprint density at radius 1 is 1.00 bits per heavy atom. The molecule has 0 radical (unpaired) electrons. The average molecular weight is 477 g/mol. The first-order valence-electron chi connectivity index (χ1n) is 9.10. The number of halogens is 1. The molecule has 3 aromatic rings. The molecule has 2 heterocycles. The summed E-state index contributed by atoms with van der Waals surface area (Å²) < 4.78 is 42.5. The van der Waals surface area contributed by atoms with E-state index in [1.807, 2.05) is 30.5 Å². The van der Waals surface area contributed by atoms with Crippen molar-refractivity contribution >= 4 is 26.0 Å². The molecule has 0 saturated carbocycles. The van der Waals surface area contributed by atoms with Crippen LogP contribution in [0, 0.1) is 0 Å². The standard InChI is InChI=1S/C21H21BrN2O4S/c1-27-16-7-10-18(20(14-16)28-2)21-19-4-3-11-23(19)12-13-24(21)29(25,26)17-8-5-15(22)6-9-17/h3-11,14,21H,12-13H2,1-2H3. The van der Waals surface area contributed by atoms with Crippen LogP contribution in [0.4, 0.5) is 0 Å². The Morgan fingerprint density at radius 3 is 2.45 bits per heavy atom. The van der Waals surface area contributed by atoms with Crippen molar-refractivity contribution in [3.63, 3.8) is 0 Å². The number of hydrogen-bond acceptors (Lipinski definition) is 4. The van der Waals surface area contributed by atoms with Crippen LogP contribution >= 0.6 is 15.9 Å². The van der Waals surface area contributed by atoms with E-state index in [4.69, 9.17) is 9.47 Å². The van der Waals surface area contributed by atoms with Crippen LogP contribution < -0.4 is 9.47 Å². The molecular formula is C21H21BrN2O4S. The van der Waals surface area contributed by atoms with Crippen molar-refractivity contribution < 1.29 is 17.9 Å². The van der Waals surface area contributed by atoms with Crippen molar-refractivity contribution in [1.29, 1.82) is 0 Å². The van der Waals surface area contributed by atoms with Crippen LogP contribution in [-0.4, -0.2) is 38.1 Å². The second kappa shape index (κ2) is 7.85. The number of hydrogen-bond donors (Lipinski definition) is 0. The minimum absolute atomic E-state index is 0.262. The van der Waals surface area contributed by atoms with Crippen molar-refractivity contribution in [3.8, 4) is 11.5 Å². The van der Waals surface area contributed by atoms with E-state index in [-0.39, 0.29) is 4.90 Å². The molecule has 0 aliphatic carbocycles. The van der Waals surface area contributed by atoms with E-state index < -0.39 is 16.1 Å². The van der Waals surface area contributed by atoms with Crippen LogP contribution in [0.15, 0.2) is 70.2 Å². The summed E-state index contributed by atoms with van der Waals surface area (Å²) in [4.78, 5) is 0.262. The molecule has 0 N–H and O–H groups in total. The summed E-state index contributed by atoms with van der Waals surface area (Å²) in [7, 11) is -0.560. The fourth-order valence-corrected chi connectivity index (χ4v) is 5.56. The van der Waals surface area contributed by atoms with Gasteiger partial charge >= 0.3 is 0 Å². The van der Waals surface area contributed by atoms with Crippen LogP contribution in [0.5, 0.6) is 11.5 Å². The number of ether oxygens (including phenoxy) is 2. The van der Waals surface area contributed by atoms with Gasteiger partial charge in [-0.15, -0.1) is 0 Å². The molecule has 1 aliphatic rings. The van der Waals surface area contributed by atoms with Crippen LogP contribution in [0.25, 0.3) is 0 Å². The van der Waals surface area contributed by atoms with Gasteiger partial charge in [0.05, 0.1) is 25.2 Å². The van der Waals surface area contributed by atoms with Gasteiger partial charge in [0, 0.05) is 41.1 Å². The Morgan fingerprint density at radius 2 is 1.76 bits per heavy atom. The number of sulfonamides is 1. The lowest BCUT2D eigenvalue weighted by Crippen LogP contribution is -2.42. The zero-order valence-electron chi connectivity index (χ0n) is 16.1. The monoisotopic (exact) mass is 476 g/mol. The second-order valence-electron chi connectivity index (χ2n) is 6.71. The molecular weight excluding hydrogens is 456 g/mol. The number of rotatable bonds is 5. The highest BCUT2D eigenvalue weighted by atomic mass is 79.9. The van der Waals surface area contributed by atoms with Gasteiger partial charge in [0.15, 0.2) is 0 Å². The maximum absolute atomic E-state index is 13.6. The topological polar surface area (TPSA) is 60.8 Å². The molecule has 29 heavy (non-hydrogen) atoms. The van der Waals surface area contributed by atoms with E-state index >= 15 is 0 Å². The van der Waals surface area contributed by atoms with E-state index in [2.05, 4.69) is 20.5 Å². The van der Waals surface area contributed by atoms with Crippen molar-refractivity contribution in [3.05, 3.63) is 76.5 Å². The Kier molecular flexibility index (Phi) is 5.42. The summed E-state index contributed by atoms with van der Waals surface area (Å²) in [5, 5.41) is 0. The maximum Gasteiger partial charge on any atom is 0.244 e. The normalized spacial score (nSPS) is 17.0. The quantitative estimate of drug-likeness (QED) is 0.556. The summed E-state index contributed by atoms with van der Waals surface area (Å²) in [6.45, 7) is 0.951. The summed E-state index contributed by atoms with van der Waals surface area (Å²) >= 11 is 3.37.